The van der Waals surface area contributed by atoms with Gasteiger partial charge in [0.1, 0.15) is 6.04 Å². The summed E-state index contributed by atoms with van der Waals surface area (Å²) in [6.07, 6.45) is 2.77. The first-order chi connectivity index (χ1) is 12.2. The smallest absolute Gasteiger partial charge is 0.249 e. The Morgan fingerprint density at radius 1 is 1.50 bits per heavy atom. The van der Waals surface area contributed by atoms with E-state index in [-0.39, 0.29) is 0 Å². The van der Waals surface area contributed by atoms with E-state index in [2.05, 4.69) is 22.1 Å². The Morgan fingerprint density at radius 3 is 2.85 bits per heavy atom. The lowest BCUT2D eigenvalue weighted by Gasteiger charge is -2.27. The van der Waals surface area contributed by atoms with Crippen molar-refractivity contribution in [3.05, 3.63) is 41.9 Å². The third-order valence-corrected chi connectivity index (χ3v) is 6.56. The maximum atomic E-state index is 12.5. The minimum Gasteiger partial charge on any atom is -0.299 e. The largest absolute Gasteiger partial charge is 0.299 e. The normalized spacial score (nSPS) is 12.4. The zero-order chi connectivity index (χ0) is 19.3. The van der Waals surface area contributed by atoms with Crippen LogP contribution in [0.2, 0.25) is 5.02 Å². The summed E-state index contributed by atoms with van der Waals surface area (Å²) in [6.45, 7) is 5.12. The first kappa shape index (κ1) is 20.7. The van der Waals surface area contributed by atoms with Gasteiger partial charge in [0.05, 0.1) is 11.9 Å². The summed E-state index contributed by atoms with van der Waals surface area (Å²) in [5.74, 6) is 0.155. The predicted octanol–water partition coefficient (Wildman–Crippen LogP) is 3.26. The molecule has 0 aliphatic carbocycles. The quantitative estimate of drug-likeness (QED) is 0.391. The molecule has 0 saturated heterocycles. The van der Waals surface area contributed by atoms with E-state index in [1.165, 1.54) is 36.1 Å². The van der Waals surface area contributed by atoms with Gasteiger partial charge in [-0.3, -0.25) is 14.4 Å². The molecule has 0 saturated carbocycles. The molecule has 0 aliphatic rings. The highest BCUT2D eigenvalue weighted by Crippen LogP contribution is 2.27. The third-order valence-electron chi connectivity index (χ3n) is 3.11. The highest BCUT2D eigenvalue weighted by molar-refractivity contribution is 8.01. The number of nitrogens with zero attached hydrogens (tertiary/aromatic N) is 3. The van der Waals surface area contributed by atoms with Crippen LogP contribution in [0.25, 0.3) is 0 Å². The van der Waals surface area contributed by atoms with Gasteiger partial charge in [0.15, 0.2) is 4.34 Å². The Bertz CT molecular complexity index is 901. The Hall–Kier alpha value is -1.62. The van der Waals surface area contributed by atoms with Crippen molar-refractivity contribution in [1.29, 1.82) is 0 Å². The van der Waals surface area contributed by atoms with Crippen LogP contribution in [-0.4, -0.2) is 42.6 Å². The summed E-state index contributed by atoms with van der Waals surface area (Å²) < 4.78 is 26.2. The van der Waals surface area contributed by atoms with Crippen LogP contribution in [0.3, 0.4) is 0 Å². The van der Waals surface area contributed by atoms with E-state index in [9.17, 15) is 13.2 Å². The fraction of sp³-hybridized carbons (Fsp3) is 0.267. The van der Waals surface area contributed by atoms with Crippen molar-refractivity contribution in [1.82, 2.24) is 10.2 Å². The Labute approximate surface area is 165 Å². The number of sulfonamides is 1. The van der Waals surface area contributed by atoms with Crippen LogP contribution in [0, 0.1) is 0 Å². The van der Waals surface area contributed by atoms with Crippen molar-refractivity contribution >= 4 is 61.4 Å². The molecule has 0 aliphatic heterocycles. The number of thioether (sulfide) groups is 1. The zero-order valence-corrected chi connectivity index (χ0v) is 17.3. The molecule has 2 rings (SSSR count). The SMILES string of the molecule is C=CCSc1nnc(NC(=O)C(C)N(c2cccc(Cl)c2)S(C)(=O)=O)s1. The fourth-order valence-electron chi connectivity index (χ4n) is 2.08. The van der Waals surface area contributed by atoms with Gasteiger partial charge < -0.3 is 0 Å². The highest BCUT2D eigenvalue weighted by Gasteiger charge is 2.29. The summed E-state index contributed by atoms with van der Waals surface area (Å²) >= 11 is 8.60. The van der Waals surface area contributed by atoms with Crippen LogP contribution < -0.4 is 9.62 Å². The Morgan fingerprint density at radius 2 is 2.23 bits per heavy atom. The molecule has 1 aromatic carbocycles. The number of aromatic nitrogens is 2. The summed E-state index contributed by atoms with van der Waals surface area (Å²) in [4.78, 5) is 12.5. The maximum Gasteiger partial charge on any atom is 0.249 e. The lowest BCUT2D eigenvalue weighted by Crippen LogP contribution is -2.45. The van der Waals surface area contributed by atoms with Gasteiger partial charge >= 0.3 is 0 Å². The number of hydrogen-bond donors (Lipinski definition) is 1. The standard InChI is InChI=1S/C15H17ClN4O3S3/c1-4-8-24-15-19-18-14(25-15)17-13(21)10(2)20(26(3,22)23)12-7-5-6-11(16)9-12/h4-7,9-10H,1,8H2,2-3H3,(H,17,18,21). The molecule has 2 aromatic rings. The van der Waals surface area contributed by atoms with Crippen LogP contribution in [0.5, 0.6) is 0 Å². The summed E-state index contributed by atoms with van der Waals surface area (Å²) in [6, 6.07) is 5.30. The number of halogens is 1. The number of benzene rings is 1. The molecule has 7 nitrogen and oxygen atoms in total. The molecular formula is C15H17ClN4O3S3. The molecule has 1 N–H and O–H groups in total. The van der Waals surface area contributed by atoms with Gasteiger partial charge in [-0.15, -0.1) is 16.8 Å². The Kier molecular flexibility index (Phi) is 7.04. The minimum atomic E-state index is -3.71. The third kappa shape index (κ3) is 5.44. The predicted molar refractivity (Wildman–Crippen MR) is 108 cm³/mol. The van der Waals surface area contributed by atoms with Crippen molar-refractivity contribution in [2.45, 2.75) is 17.3 Å². The van der Waals surface area contributed by atoms with Gasteiger partial charge in [-0.05, 0) is 25.1 Å². The average molecular weight is 433 g/mol. The fourth-order valence-corrected chi connectivity index (χ4v) is 4.95. The van der Waals surface area contributed by atoms with Gasteiger partial charge in [-0.2, -0.15) is 0 Å². The molecule has 1 aromatic heterocycles. The summed E-state index contributed by atoms with van der Waals surface area (Å²) in [5.41, 5.74) is 0.308. The first-order valence-electron chi connectivity index (χ1n) is 7.35. The van der Waals surface area contributed by atoms with E-state index in [1.807, 2.05) is 0 Å². The number of hydrogen-bond acceptors (Lipinski definition) is 7. The molecule has 140 valence electrons. The van der Waals surface area contributed by atoms with Crippen LogP contribution in [0.4, 0.5) is 10.8 Å². The van der Waals surface area contributed by atoms with Crippen LogP contribution in [0.15, 0.2) is 41.3 Å². The lowest BCUT2D eigenvalue weighted by molar-refractivity contribution is -0.116. The van der Waals surface area contributed by atoms with Gasteiger partial charge in [-0.25, -0.2) is 8.42 Å². The van der Waals surface area contributed by atoms with Gasteiger partial charge in [0.25, 0.3) is 0 Å². The van der Waals surface area contributed by atoms with E-state index in [1.54, 1.807) is 24.3 Å². The van der Waals surface area contributed by atoms with Crippen LogP contribution in [0.1, 0.15) is 6.92 Å². The van der Waals surface area contributed by atoms with E-state index < -0.39 is 22.0 Å². The number of anilines is 2. The van der Waals surface area contributed by atoms with Crippen LogP contribution in [-0.2, 0) is 14.8 Å². The number of nitrogens with one attached hydrogen (secondary N) is 1. The number of rotatable bonds is 8. The summed E-state index contributed by atoms with van der Waals surface area (Å²) in [5, 5.41) is 11.1. The average Bonchev–Trinajstić information content (AvgIpc) is 2.99. The molecule has 0 bridgehead atoms. The van der Waals surface area contributed by atoms with E-state index in [4.69, 9.17) is 11.6 Å². The van der Waals surface area contributed by atoms with Crippen molar-refractivity contribution in [2.24, 2.45) is 0 Å². The van der Waals surface area contributed by atoms with Gasteiger partial charge in [0.2, 0.25) is 21.1 Å². The van der Waals surface area contributed by atoms with Crippen molar-refractivity contribution in [3.63, 3.8) is 0 Å². The molecule has 1 unspecified atom stereocenters. The molecular weight excluding hydrogens is 416 g/mol. The molecule has 11 heteroatoms. The van der Waals surface area contributed by atoms with Crippen molar-refractivity contribution in [3.8, 4) is 0 Å². The van der Waals surface area contributed by atoms with E-state index in [0.717, 1.165) is 10.6 Å². The van der Waals surface area contributed by atoms with E-state index >= 15 is 0 Å². The zero-order valence-electron chi connectivity index (χ0n) is 14.0. The lowest BCUT2D eigenvalue weighted by atomic mass is 10.2. The maximum absolute atomic E-state index is 12.5. The van der Waals surface area contributed by atoms with Crippen LogP contribution >= 0.6 is 34.7 Å². The molecule has 1 heterocycles. The second kappa shape index (κ2) is 8.85. The highest BCUT2D eigenvalue weighted by atomic mass is 35.5. The summed E-state index contributed by atoms with van der Waals surface area (Å²) in [7, 11) is -3.71. The van der Waals surface area contributed by atoms with Gasteiger partial charge in [-0.1, -0.05) is 46.8 Å². The molecule has 1 amide bonds. The minimum absolute atomic E-state index is 0.299. The number of carbonyl (C=O) groups excluding carboxylic acids is 1. The number of carbonyl (C=O) groups is 1. The molecule has 26 heavy (non-hydrogen) atoms. The Balaban J connectivity index is 2.20. The van der Waals surface area contributed by atoms with Crippen molar-refractivity contribution < 1.29 is 13.2 Å². The molecule has 0 radical (unpaired) electrons. The monoisotopic (exact) mass is 432 g/mol. The molecule has 0 spiro atoms. The first-order valence-corrected chi connectivity index (χ1v) is 11.4. The van der Waals surface area contributed by atoms with Gasteiger partial charge in [0, 0.05) is 10.8 Å². The number of amides is 1. The molecule has 0 fully saturated rings. The topological polar surface area (TPSA) is 92.3 Å². The second-order valence-corrected chi connectivity index (χ2v) is 9.72. The van der Waals surface area contributed by atoms with Crippen molar-refractivity contribution in [2.75, 3.05) is 21.6 Å². The molecule has 1 atom stereocenters. The second-order valence-electron chi connectivity index (χ2n) is 5.18. The van der Waals surface area contributed by atoms with E-state index in [0.29, 0.717) is 25.9 Å².